The predicted molar refractivity (Wildman–Crippen MR) is 96.8 cm³/mol. The number of fused-ring (bicyclic) bond motifs is 5. The molecule has 2 heteroatoms. The van der Waals surface area contributed by atoms with Crippen LogP contribution in [0.4, 0.5) is 0 Å². The molecule has 4 saturated carbocycles. The Morgan fingerprint density at radius 2 is 1.79 bits per heavy atom. The molecular formula is C22H36O2. The van der Waals surface area contributed by atoms with E-state index in [0.29, 0.717) is 22.5 Å². The van der Waals surface area contributed by atoms with Crippen LogP contribution in [0.25, 0.3) is 0 Å². The van der Waals surface area contributed by atoms with Crippen molar-refractivity contribution in [1.29, 1.82) is 0 Å². The summed E-state index contributed by atoms with van der Waals surface area (Å²) in [5.41, 5.74) is 0.914. The average Bonchev–Trinajstić information content (AvgIpc) is 2.88. The molecule has 4 aliphatic rings. The van der Waals surface area contributed by atoms with Crippen molar-refractivity contribution in [2.75, 3.05) is 7.11 Å². The Kier molecular flexibility index (Phi) is 3.95. The molecule has 0 spiro atoms. The van der Waals surface area contributed by atoms with Crippen molar-refractivity contribution < 1.29 is 9.53 Å². The number of rotatable bonds is 2. The molecule has 4 aliphatic carbocycles. The van der Waals surface area contributed by atoms with Crippen LogP contribution in [0.15, 0.2) is 0 Å². The topological polar surface area (TPSA) is 26.3 Å². The normalized spacial score (nSPS) is 54.1. The minimum atomic E-state index is 0.114. The Hall–Kier alpha value is -0.370. The number of hydrogen-bond acceptors (Lipinski definition) is 2. The number of methoxy groups -OCH3 is 1. The van der Waals surface area contributed by atoms with Gasteiger partial charge in [-0.1, -0.05) is 20.8 Å². The fraction of sp³-hybridized carbons (Fsp3) is 0.955. The van der Waals surface area contributed by atoms with E-state index >= 15 is 0 Å². The van der Waals surface area contributed by atoms with E-state index in [1.807, 2.05) is 7.11 Å². The second-order valence-corrected chi connectivity index (χ2v) is 9.95. The zero-order chi connectivity index (χ0) is 17.2. The Morgan fingerprint density at radius 1 is 1.04 bits per heavy atom. The minimum absolute atomic E-state index is 0.114. The molecule has 136 valence electrons. The highest BCUT2D eigenvalue weighted by atomic mass is 16.5. The molecule has 0 radical (unpaired) electrons. The zero-order valence-electron chi connectivity index (χ0n) is 16.2. The molecule has 0 aromatic heterocycles. The van der Waals surface area contributed by atoms with Gasteiger partial charge in [-0.3, -0.25) is 4.79 Å². The van der Waals surface area contributed by atoms with Crippen LogP contribution in [0.3, 0.4) is 0 Å². The predicted octanol–water partition coefficient (Wildman–Crippen LogP) is 5.39. The minimum Gasteiger partial charge on any atom is -0.378 e. The maximum Gasteiger partial charge on any atom is 0.133 e. The van der Waals surface area contributed by atoms with Gasteiger partial charge in [-0.25, -0.2) is 0 Å². The van der Waals surface area contributed by atoms with Gasteiger partial charge in [0.1, 0.15) is 5.78 Å². The highest BCUT2D eigenvalue weighted by Crippen LogP contribution is 2.69. The van der Waals surface area contributed by atoms with Gasteiger partial charge in [0.2, 0.25) is 0 Å². The second kappa shape index (κ2) is 5.56. The summed E-state index contributed by atoms with van der Waals surface area (Å²) in [5.74, 6) is 3.77. The fourth-order valence-electron chi connectivity index (χ4n) is 8.20. The van der Waals surface area contributed by atoms with Crippen molar-refractivity contribution in [1.82, 2.24) is 0 Å². The average molecular weight is 333 g/mol. The summed E-state index contributed by atoms with van der Waals surface area (Å²) in [6, 6.07) is 0. The number of ketones is 1. The summed E-state index contributed by atoms with van der Waals surface area (Å²) in [6.07, 6.45) is 12.0. The molecule has 0 aromatic carbocycles. The van der Waals surface area contributed by atoms with Crippen LogP contribution in [0.5, 0.6) is 0 Å². The molecule has 0 bridgehead atoms. The van der Waals surface area contributed by atoms with Gasteiger partial charge in [0.25, 0.3) is 0 Å². The number of Topliss-reactive ketones (excluding diaryl/α,β-unsaturated/α-hetero) is 1. The number of carbonyl (C=O) groups excluding carboxylic acids is 1. The molecule has 7 unspecified atom stereocenters. The lowest BCUT2D eigenvalue weighted by molar-refractivity contribution is -0.166. The smallest absolute Gasteiger partial charge is 0.133 e. The van der Waals surface area contributed by atoms with E-state index in [-0.39, 0.29) is 5.60 Å². The Morgan fingerprint density at radius 3 is 2.50 bits per heavy atom. The van der Waals surface area contributed by atoms with Gasteiger partial charge in [-0.15, -0.1) is 0 Å². The van der Waals surface area contributed by atoms with E-state index in [9.17, 15) is 4.79 Å². The number of carbonyl (C=O) groups is 1. The van der Waals surface area contributed by atoms with Crippen molar-refractivity contribution in [2.45, 2.75) is 90.6 Å². The first-order valence-corrected chi connectivity index (χ1v) is 10.5. The number of hydrogen-bond donors (Lipinski definition) is 0. The van der Waals surface area contributed by atoms with Gasteiger partial charge in [0.05, 0.1) is 5.60 Å². The van der Waals surface area contributed by atoms with Crippen molar-refractivity contribution in [3.63, 3.8) is 0 Å². The monoisotopic (exact) mass is 332 g/mol. The lowest BCUT2D eigenvalue weighted by Crippen LogP contribution is -2.56. The molecule has 0 N–H and O–H groups in total. The fourth-order valence-corrected chi connectivity index (χ4v) is 8.20. The largest absolute Gasteiger partial charge is 0.378 e. The summed E-state index contributed by atoms with van der Waals surface area (Å²) in [4.78, 5) is 12.0. The highest BCUT2D eigenvalue weighted by molar-refractivity contribution is 5.79. The lowest BCUT2D eigenvalue weighted by atomic mass is 9.44. The van der Waals surface area contributed by atoms with Crippen LogP contribution in [0.1, 0.15) is 85.0 Å². The van der Waals surface area contributed by atoms with E-state index < -0.39 is 0 Å². The molecule has 0 amide bonds. The molecule has 0 heterocycles. The van der Waals surface area contributed by atoms with Crippen molar-refractivity contribution in [3.05, 3.63) is 0 Å². The summed E-state index contributed by atoms with van der Waals surface area (Å²) >= 11 is 0. The van der Waals surface area contributed by atoms with Crippen LogP contribution < -0.4 is 0 Å². The SMILES string of the molecule is CCC1(OC)CCC2C3CCC4CC(=O)CCC4(C)C3CCC21C. The maximum atomic E-state index is 12.0. The van der Waals surface area contributed by atoms with Crippen LogP contribution in [0.2, 0.25) is 0 Å². The molecular weight excluding hydrogens is 296 g/mol. The zero-order valence-corrected chi connectivity index (χ0v) is 16.2. The second-order valence-electron chi connectivity index (χ2n) is 9.95. The first kappa shape index (κ1) is 17.1. The van der Waals surface area contributed by atoms with Crippen molar-refractivity contribution in [3.8, 4) is 0 Å². The van der Waals surface area contributed by atoms with Gasteiger partial charge in [-0.2, -0.15) is 0 Å². The lowest BCUT2D eigenvalue weighted by Gasteiger charge is -2.61. The van der Waals surface area contributed by atoms with Crippen LogP contribution in [-0.4, -0.2) is 18.5 Å². The molecule has 4 fully saturated rings. The summed E-state index contributed by atoms with van der Waals surface area (Å²) in [5, 5.41) is 0. The van der Waals surface area contributed by atoms with Crippen LogP contribution in [0, 0.1) is 34.5 Å². The molecule has 0 saturated heterocycles. The van der Waals surface area contributed by atoms with E-state index in [2.05, 4.69) is 20.8 Å². The van der Waals surface area contributed by atoms with Gasteiger partial charge < -0.3 is 4.74 Å². The molecule has 7 atom stereocenters. The Bertz CT molecular complexity index is 522. The first-order valence-electron chi connectivity index (χ1n) is 10.5. The van der Waals surface area contributed by atoms with Gasteiger partial charge in [-0.05, 0) is 85.9 Å². The quantitative estimate of drug-likeness (QED) is 0.677. The van der Waals surface area contributed by atoms with E-state index in [4.69, 9.17) is 4.74 Å². The molecule has 0 aliphatic heterocycles. The van der Waals surface area contributed by atoms with Crippen molar-refractivity contribution >= 4 is 5.78 Å². The maximum absolute atomic E-state index is 12.0. The molecule has 4 rings (SSSR count). The first-order chi connectivity index (χ1) is 11.4. The summed E-state index contributed by atoms with van der Waals surface area (Å²) < 4.78 is 6.20. The molecule has 24 heavy (non-hydrogen) atoms. The Labute approximate surface area is 148 Å². The number of ether oxygens (including phenoxy) is 1. The molecule has 0 aromatic rings. The highest BCUT2D eigenvalue weighted by Gasteiger charge is 2.64. The third-order valence-electron chi connectivity index (χ3n) is 9.73. The van der Waals surface area contributed by atoms with Crippen LogP contribution in [-0.2, 0) is 9.53 Å². The molecule has 2 nitrogen and oxygen atoms in total. The van der Waals surface area contributed by atoms with Crippen molar-refractivity contribution in [2.24, 2.45) is 34.5 Å². The van der Waals surface area contributed by atoms with Crippen LogP contribution >= 0.6 is 0 Å². The third-order valence-corrected chi connectivity index (χ3v) is 9.73. The standard InChI is InChI=1S/C22H36O2/c1-5-22(24-4)13-10-19-17-7-6-15-14-16(23)8-11-20(15,2)18(17)9-12-21(19,22)3/h15,17-19H,5-14H2,1-4H3. The van der Waals surface area contributed by atoms with E-state index in [0.717, 1.165) is 43.4 Å². The van der Waals surface area contributed by atoms with E-state index in [1.54, 1.807) is 0 Å². The summed E-state index contributed by atoms with van der Waals surface area (Å²) in [6.45, 7) is 7.42. The van der Waals surface area contributed by atoms with E-state index in [1.165, 1.54) is 38.5 Å². The van der Waals surface area contributed by atoms with Gasteiger partial charge in [0.15, 0.2) is 0 Å². The van der Waals surface area contributed by atoms with Gasteiger partial charge >= 0.3 is 0 Å². The Balaban J connectivity index is 1.64. The summed E-state index contributed by atoms with van der Waals surface area (Å²) in [7, 11) is 1.95. The third kappa shape index (κ3) is 2.01. The van der Waals surface area contributed by atoms with Gasteiger partial charge in [0, 0.05) is 20.0 Å².